The zero-order valence-corrected chi connectivity index (χ0v) is 16.2. The van der Waals surface area contributed by atoms with Crippen LogP contribution in [-0.4, -0.2) is 51.2 Å². The van der Waals surface area contributed by atoms with Crippen molar-refractivity contribution in [2.75, 3.05) is 13.1 Å². The minimum absolute atomic E-state index is 0.558. The number of carboxylic acid groups (broad SMARTS) is 2. The first-order valence-corrected chi connectivity index (χ1v) is 10.3. The van der Waals surface area contributed by atoms with E-state index in [4.69, 9.17) is 15.2 Å². The van der Waals surface area contributed by atoms with Crippen LogP contribution in [0.15, 0.2) is 36.0 Å². The lowest BCUT2D eigenvalue weighted by Crippen LogP contribution is -2.22. The van der Waals surface area contributed by atoms with E-state index in [1.54, 1.807) is 0 Å². The Hall–Kier alpha value is -2.51. The van der Waals surface area contributed by atoms with Crippen LogP contribution in [0.1, 0.15) is 36.6 Å². The van der Waals surface area contributed by atoms with Crippen LogP contribution in [-0.2, 0) is 9.59 Å². The molecule has 2 saturated heterocycles. The molecule has 1 aromatic heterocycles. The lowest BCUT2D eigenvalue weighted by molar-refractivity contribution is -0.134. The fourth-order valence-electron chi connectivity index (χ4n) is 4.33. The number of aromatic nitrogens is 1. The highest BCUT2D eigenvalue weighted by atomic mass is 32.1. The van der Waals surface area contributed by atoms with Crippen LogP contribution in [0.2, 0.25) is 0 Å². The van der Waals surface area contributed by atoms with E-state index in [1.807, 2.05) is 11.3 Å². The lowest BCUT2D eigenvalue weighted by Gasteiger charge is -2.12. The topological polar surface area (TPSA) is 90.7 Å². The lowest BCUT2D eigenvalue weighted by atomic mass is 10.0. The highest BCUT2D eigenvalue weighted by Crippen LogP contribution is 2.37. The molecule has 2 aliphatic heterocycles. The molecule has 0 radical (unpaired) electrons. The highest BCUT2D eigenvalue weighted by Gasteiger charge is 2.37. The quantitative estimate of drug-likeness (QED) is 0.753. The smallest absolute Gasteiger partial charge is 0.328 e. The summed E-state index contributed by atoms with van der Waals surface area (Å²) >= 11 is 1.94. The maximum absolute atomic E-state index is 9.55. The summed E-state index contributed by atoms with van der Waals surface area (Å²) in [5.41, 5.74) is 2.84. The fraction of sp³-hybridized carbons (Fsp3) is 0.381. The highest BCUT2D eigenvalue weighted by molar-refractivity contribution is 7.09. The van der Waals surface area contributed by atoms with Crippen LogP contribution in [0.5, 0.6) is 0 Å². The molecule has 2 aliphatic carbocycles. The number of rotatable bonds is 3. The van der Waals surface area contributed by atoms with Crippen LogP contribution in [0, 0.1) is 0 Å². The molecule has 1 aromatic rings. The van der Waals surface area contributed by atoms with Gasteiger partial charge in [0.15, 0.2) is 0 Å². The van der Waals surface area contributed by atoms with Crippen molar-refractivity contribution in [3.8, 4) is 0 Å². The predicted molar refractivity (Wildman–Crippen MR) is 107 cm³/mol. The molecule has 4 aliphatic rings. The van der Waals surface area contributed by atoms with E-state index in [-0.39, 0.29) is 0 Å². The van der Waals surface area contributed by atoms with Crippen molar-refractivity contribution in [2.24, 2.45) is 0 Å². The van der Waals surface area contributed by atoms with Gasteiger partial charge in [0.2, 0.25) is 0 Å². The van der Waals surface area contributed by atoms with Crippen molar-refractivity contribution in [2.45, 2.75) is 37.6 Å². The molecular formula is C21H22N2O4S. The van der Waals surface area contributed by atoms with Gasteiger partial charge in [-0.25, -0.2) is 14.6 Å². The van der Waals surface area contributed by atoms with Crippen LogP contribution in [0.25, 0.3) is 11.6 Å². The van der Waals surface area contributed by atoms with Gasteiger partial charge in [-0.05, 0) is 49.5 Å². The van der Waals surface area contributed by atoms with Gasteiger partial charge in [0, 0.05) is 30.7 Å². The van der Waals surface area contributed by atoms with Gasteiger partial charge >= 0.3 is 11.9 Å². The van der Waals surface area contributed by atoms with E-state index in [0.29, 0.717) is 18.1 Å². The molecule has 2 fully saturated rings. The Bertz CT molecular complexity index is 990. The summed E-state index contributed by atoms with van der Waals surface area (Å²) in [5.74, 6) is -1.82. The molecule has 0 spiro atoms. The normalized spacial score (nSPS) is 24.9. The maximum Gasteiger partial charge on any atom is 0.328 e. The van der Waals surface area contributed by atoms with Crippen molar-refractivity contribution < 1.29 is 19.8 Å². The number of carbonyl (C=O) groups is 2. The van der Waals surface area contributed by atoms with Crippen molar-refractivity contribution in [3.63, 3.8) is 0 Å². The number of aliphatic carboxylic acids is 2. The summed E-state index contributed by atoms with van der Waals surface area (Å²) in [7, 11) is 0. The van der Waals surface area contributed by atoms with Crippen LogP contribution in [0.4, 0.5) is 0 Å². The Morgan fingerprint density at radius 2 is 2.04 bits per heavy atom. The zero-order chi connectivity index (χ0) is 19.7. The summed E-state index contributed by atoms with van der Waals surface area (Å²) < 4.78 is 1.40. The van der Waals surface area contributed by atoms with Crippen LogP contribution in [0.3, 0.4) is 0 Å². The molecule has 7 heteroatoms. The van der Waals surface area contributed by atoms with Crippen molar-refractivity contribution in [1.82, 2.24) is 9.88 Å². The number of fused-ring (bicyclic) bond motifs is 3. The first kappa shape index (κ1) is 18.8. The Balaban J connectivity index is 0.000000208. The second-order valence-corrected chi connectivity index (χ2v) is 8.44. The Morgan fingerprint density at radius 1 is 1.25 bits per heavy atom. The van der Waals surface area contributed by atoms with Gasteiger partial charge in [0.1, 0.15) is 0 Å². The van der Waals surface area contributed by atoms with Crippen LogP contribution >= 0.6 is 11.3 Å². The molecule has 28 heavy (non-hydrogen) atoms. The summed E-state index contributed by atoms with van der Waals surface area (Å²) in [5, 5.41) is 18.3. The molecule has 146 valence electrons. The molecule has 0 saturated carbocycles. The first-order chi connectivity index (χ1) is 13.5. The van der Waals surface area contributed by atoms with E-state index in [9.17, 15) is 9.59 Å². The molecule has 3 heterocycles. The van der Waals surface area contributed by atoms with E-state index in [1.165, 1.54) is 58.4 Å². The summed E-state index contributed by atoms with van der Waals surface area (Å²) in [6, 6.07) is 0.850. The van der Waals surface area contributed by atoms with Gasteiger partial charge in [-0.2, -0.15) is 0 Å². The Morgan fingerprint density at radius 3 is 2.75 bits per heavy atom. The standard InChI is InChI=1S/C17H18N2S.C4H4O4/c1-2-6-14-11(4-1)9-15-16(14)18-17(20-15)12-8-13-5-3-7-19(13)10-12;5-3(6)1-2-4(7)8/h1-2,4,9,12-13H,3,5-8,10H2;1-2H,(H,5,6)(H,7,8)/t12-,13+;/m0./s1. The van der Waals surface area contributed by atoms with Gasteiger partial charge in [-0.3, -0.25) is 4.90 Å². The van der Waals surface area contributed by atoms with Crippen molar-refractivity contribution in [1.29, 1.82) is 0 Å². The third-order valence-electron chi connectivity index (χ3n) is 5.55. The van der Waals surface area contributed by atoms with Gasteiger partial charge in [-0.1, -0.05) is 18.2 Å². The third kappa shape index (κ3) is 3.86. The molecule has 0 unspecified atom stereocenters. The summed E-state index contributed by atoms with van der Waals surface area (Å²) in [6.45, 7) is 2.56. The Labute approximate surface area is 166 Å². The summed E-state index contributed by atoms with van der Waals surface area (Å²) in [4.78, 5) is 26.8. The first-order valence-electron chi connectivity index (χ1n) is 9.48. The van der Waals surface area contributed by atoms with Crippen LogP contribution < -0.4 is 9.88 Å². The largest absolute Gasteiger partial charge is 0.478 e. The number of nitrogens with zero attached hydrogens (tertiary/aromatic N) is 2. The number of hydrogen-bond acceptors (Lipinski definition) is 5. The second-order valence-electron chi connectivity index (χ2n) is 7.38. The summed E-state index contributed by atoms with van der Waals surface area (Å²) in [6.07, 6.45) is 15.3. The number of hydrogen-bond donors (Lipinski definition) is 2. The van der Waals surface area contributed by atoms with E-state index in [2.05, 4.69) is 29.2 Å². The van der Waals surface area contributed by atoms with Gasteiger partial charge in [-0.15, -0.1) is 11.3 Å². The number of thiazole rings is 1. The molecule has 2 atom stereocenters. The van der Waals surface area contributed by atoms with Gasteiger partial charge < -0.3 is 10.2 Å². The molecular weight excluding hydrogens is 376 g/mol. The zero-order valence-electron chi connectivity index (χ0n) is 15.4. The van der Waals surface area contributed by atoms with Gasteiger partial charge in [0.05, 0.1) is 14.9 Å². The molecule has 0 amide bonds. The molecule has 0 bridgehead atoms. The monoisotopic (exact) mass is 398 g/mol. The average Bonchev–Trinajstić information content (AvgIpc) is 3.38. The molecule has 5 rings (SSSR count). The maximum atomic E-state index is 9.55. The number of carboxylic acids is 2. The SMILES string of the molecule is C1=CCC2=c3nc([C@H]4C[C@H]5CCCN5C4)sc3=CC2=C1.O=C(O)C=CC(=O)O. The predicted octanol–water partition coefficient (Wildman–Crippen LogP) is 1.64. The third-order valence-corrected chi connectivity index (χ3v) is 6.72. The van der Waals surface area contributed by atoms with Gasteiger partial charge in [0.25, 0.3) is 0 Å². The molecule has 6 nitrogen and oxygen atoms in total. The van der Waals surface area contributed by atoms with E-state index < -0.39 is 11.9 Å². The number of allylic oxidation sites excluding steroid dienone is 4. The molecule has 2 N–H and O–H groups in total. The van der Waals surface area contributed by atoms with E-state index >= 15 is 0 Å². The minimum atomic E-state index is -1.26. The van der Waals surface area contributed by atoms with Crippen molar-refractivity contribution >= 4 is 34.9 Å². The van der Waals surface area contributed by atoms with Crippen molar-refractivity contribution in [3.05, 3.63) is 50.8 Å². The van der Waals surface area contributed by atoms with E-state index in [0.717, 1.165) is 12.5 Å². The Kier molecular flexibility index (Phi) is 5.28. The minimum Gasteiger partial charge on any atom is -0.478 e. The average molecular weight is 398 g/mol. The fourth-order valence-corrected chi connectivity index (χ4v) is 5.48. The second kappa shape index (κ2) is 7.85. The molecule has 0 aromatic carbocycles.